The molecule has 1 atom stereocenters. The van der Waals surface area contributed by atoms with Gasteiger partial charge in [0.15, 0.2) is 11.0 Å². The number of thioether (sulfide) groups is 1. The van der Waals surface area contributed by atoms with E-state index in [9.17, 15) is 0 Å². The Morgan fingerprint density at radius 1 is 1.24 bits per heavy atom. The van der Waals surface area contributed by atoms with Crippen molar-refractivity contribution in [2.45, 2.75) is 30.8 Å². The molecule has 3 rings (SSSR count). The average molecular weight is 394 g/mol. The quantitative estimate of drug-likeness (QED) is 0.572. The van der Waals surface area contributed by atoms with Gasteiger partial charge >= 0.3 is 0 Å². The number of thiazole rings is 1. The van der Waals surface area contributed by atoms with Crippen LogP contribution in [0.4, 0.5) is 0 Å². The van der Waals surface area contributed by atoms with Crippen molar-refractivity contribution in [3.05, 3.63) is 51.2 Å². The third-order valence-electron chi connectivity index (χ3n) is 3.91. The smallest absolute Gasteiger partial charge is 0.196 e. The van der Waals surface area contributed by atoms with Crippen LogP contribution in [-0.2, 0) is 5.75 Å². The fraction of sp³-hybridized carbons (Fsp3) is 0.353. The number of halogens is 1. The van der Waals surface area contributed by atoms with E-state index in [-0.39, 0.29) is 6.04 Å². The van der Waals surface area contributed by atoms with E-state index in [1.165, 1.54) is 0 Å². The number of aromatic nitrogens is 4. The molecule has 0 amide bonds. The first-order chi connectivity index (χ1) is 12.0. The monoisotopic (exact) mass is 393 g/mol. The highest BCUT2D eigenvalue weighted by Crippen LogP contribution is 2.29. The van der Waals surface area contributed by atoms with Gasteiger partial charge in [0, 0.05) is 21.8 Å². The zero-order valence-electron chi connectivity index (χ0n) is 14.6. The molecule has 0 radical (unpaired) electrons. The summed E-state index contributed by atoms with van der Waals surface area (Å²) in [5.41, 5.74) is 2.08. The van der Waals surface area contributed by atoms with Crippen molar-refractivity contribution < 1.29 is 0 Å². The van der Waals surface area contributed by atoms with E-state index >= 15 is 0 Å². The summed E-state index contributed by atoms with van der Waals surface area (Å²) in [5.74, 6) is 1.68. The lowest BCUT2D eigenvalue weighted by Gasteiger charge is -2.20. The summed E-state index contributed by atoms with van der Waals surface area (Å²) < 4.78 is 2.10. The largest absolute Gasteiger partial charge is 0.300 e. The summed E-state index contributed by atoms with van der Waals surface area (Å²) >= 11 is 9.36. The summed E-state index contributed by atoms with van der Waals surface area (Å²) in [6.45, 7) is 4.14. The van der Waals surface area contributed by atoms with Gasteiger partial charge in [-0.25, -0.2) is 4.98 Å². The Bertz CT molecular complexity index is 841. The van der Waals surface area contributed by atoms with Crippen LogP contribution >= 0.6 is 34.7 Å². The summed E-state index contributed by atoms with van der Waals surface area (Å²) in [6.07, 6.45) is 0. The van der Waals surface area contributed by atoms with Crippen LogP contribution in [0.5, 0.6) is 0 Å². The molecule has 0 spiro atoms. The van der Waals surface area contributed by atoms with Gasteiger partial charge in [0.25, 0.3) is 0 Å². The Kier molecular flexibility index (Phi) is 5.78. The lowest BCUT2D eigenvalue weighted by molar-refractivity contribution is 0.305. The van der Waals surface area contributed by atoms with Crippen molar-refractivity contribution in [1.29, 1.82) is 0 Å². The van der Waals surface area contributed by atoms with Crippen molar-refractivity contribution in [2.75, 3.05) is 14.1 Å². The minimum Gasteiger partial charge on any atom is -0.300 e. The van der Waals surface area contributed by atoms with Gasteiger partial charge in [-0.15, -0.1) is 21.5 Å². The van der Waals surface area contributed by atoms with E-state index in [0.717, 1.165) is 33.1 Å². The molecular formula is C17H20ClN5S2. The predicted octanol–water partition coefficient (Wildman–Crippen LogP) is 4.60. The van der Waals surface area contributed by atoms with Gasteiger partial charge in [0.05, 0.1) is 16.7 Å². The van der Waals surface area contributed by atoms with E-state index in [2.05, 4.69) is 37.0 Å². The van der Waals surface area contributed by atoms with Crippen molar-refractivity contribution in [2.24, 2.45) is 0 Å². The number of hydrogen-bond donors (Lipinski definition) is 0. The molecule has 8 heteroatoms. The van der Waals surface area contributed by atoms with Crippen LogP contribution in [-0.4, -0.2) is 38.7 Å². The molecule has 0 saturated carbocycles. The Morgan fingerprint density at radius 3 is 2.56 bits per heavy atom. The fourth-order valence-corrected chi connectivity index (χ4v) is 4.02. The van der Waals surface area contributed by atoms with E-state index in [0.29, 0.717) is 5.02 Å². The van der Waals surface area contributed by atoms with E-state index < -0.39 is 0 Å². The van der Waals surface area contributed by atoms with Crippen LogP contribution in [0.3, 0.4) is 0 Å². The van der Waals surface area contributed by atoms with Crippen molar-refractivity contribution >= 4 is 34.7 Å². The lowest BCUT2D eigenvalue weighted by atomic mass is 10.2. The summed E-state index contributed by atoms with van der Waals surface area (Å²) in [7, 11) is 4.08. The fourth-order valence-electron chi connectivity index (χ4n) is 2.32. The van der Waals surface area contributed by atoms with Crippen molar-refractivity contribution in [3.63, 3.8) is 0 Å². The lowest BCUT2D eigenvalue weighted by Crippen LogP contribution is -2.20. The topological polar surface area (TPSA) is 46.8 Å². The second kappa shape index (κ2) is 7.86. The second-order valence-corrected chi connectivity index (χ2v) is 8.38. The third-order valence-corrected chi connectivity index (χ3v) is 5.94. The molecule has 132 valence electrons. The van der Waals surface area contributed by atoms with Gasteiger partial charge in [-0.3, -0.25) is 9.47 Å². The van der Waals surface area contributed by atoms with E-state index in [1.54, 1.807) is 23.1 Å². The molecule has 0 bridgehead atoms. The van der Waals surface area contributed by atoms with Gasteiger partial charge in [0.2, 0.25) is 0 Å². The molecule has 0 aliphatic heterocycles. The SMILES string of the molecule is Cc1nc(CSc2nnc(C(C)N(C)C)n2-c2ccc(Cl)cc2)cs1. The zero-order chi connectivity index (χ0) is 18.0. The van der Waals surface area contributed by atoms with Gasteiger partial charge in [-0.05, 0) is 52.2 Å². The van der Waals surface area contributed by atoms with Crippen LogP contribution < -0.4 is 0 Å². The van der Waals surface area contributed by atoms with E-state index in [4.69, 9.17) is 11.6 Å². The summed E-state index contributed by atoms with van der Waals surface area (Å²) in [6, 6.07) is 7.90. The molecule has 1 aromatic carbocycles. The van der Waals surface area contributed by atoms with Crippen LogP contribution in [0.25, 0.3) is 5.69 Å². The standard InChI is InChI=1S/C17H20ClN5S2/c1-11(22(3)4)16-20-21-17(25-10-14-9-24-12(2)19-14)23(16)15-7-5-13(18)6-8-15/h5-9,11H,10H2,1-4H3. The molecule has 3 aromatic rings. The maximum atomic E-state index is 6.05. The molecule has 25 heavy (non-hydrogen) atoms. The van der Waals surface area contributed by atoms with E-state index in [1.807, 2.05) is 45.3 Å². The molecule has 0 aliphatic carbocycles. The van der Waals surface area contributed by atoms with Crippen molar-refractivity contribution in [1.82, 2.24) is 24.6 Å². The molecule has 0 N–H and O–H groups in total. The molecule has 2 heterocycles. The molecule has 5 nitrogen and oxygen atoms in total. The first kappa shape index (κ1) is 18.4. The molecule has 0 aliphatic rings. The first-order valence-electron chi connectivity index (χ1n) is 7.87. The van der Waals surface area contributed by atoms with Gasteiger partial charge < -0.3 is 0 Å². The minimum absolute atomic E-state index is 0.138. The molecule has 2 aromatic heterocycles. The number of hydrogen-bond acceptors (Lipinski definition) is 6. The number of benzene rings is 1. The van der Waals surface area contributed by atoms with Gasteiger partial charge in [0.1, 0.15) is 0 Å². The maximum Gasteiger partial charge on any atom is 0.196 e. The highest BCUT2D eigenvalue weighted by molar-refractivity contribution is 7.98. The zero-order valence-corrected chi connectivity index (χ0v) is 17.0. The Labute approximate surface area is 161 Å². The molecule has 0 fully saturated rings. The number of rotatable bonds is 6. The number of aryl methyl sites for hydroxylation is 1. The predicted molar refractivity (Wildman–Crippen MR) is 105 cm³/mol. The molecule has 1 unspecified atom stereocenters. The summed E-state index contributed by atoms with van der Waals surface area (Å²) in [5, 5.41) is 13.6. The third kappa shape index (κ3) is 4.23. The number of nitrogens with zero attached hydrogens (tertiary/aromatic N) is 5. The second-order valence-electron chi connectivity index (χ2n) is 5.94. The van der Waals surface area contributed by atoms with Crippen LogP contribution in [0.1, 0.15) is 29.5 Å². The normalized spacial score (nSPS) is 12.7. The average Bonchev–Trinajstić information content (AvgIpc) is 3.19. The van der Waals surface area contributed by atoms with Gasteiger partial charge in [-0.2, -0.15) is 0 Å². The van der Waals surface area contributed by atoms with Crippen LogP contribution in [0, 0.1) is 6.92 Å². The van der Waals surface area contributed by atoms with Crippen LogP contribution in [0.2, 0.25) is 5.02 Å². The van der Waals surface area contributed by atoms with Crippen LogP contribution in [0.15, 0.2) is 34.8 Å². The van der Waals surface area contributed by atoms with Gasteiger partial charge in [-0.1, -0.05) is 23.4 Å². The highest BCUT2D eigenvalue weighted by Gasteiger charge is 2.21. The minimum atomic E-state index is 0.138. The Balaban J connectivity index is 1.95. The Hall–Kier alpha value is -1.41. The maximum absolute atomic E-state index is 6.05. The Morgan fingerprint density at radius 2 is 1.96 bits per heavy atom. The summed E-state index contributed by atoms with van der Waals surface area (Å²) in [4.78, 5) is 6.64. The highest BCUT2D eigenvalue weighted by atomic mass is 35.5. The molecular weight excluding hydrogens is 374 g/mol. The first-order valence-corrected chi connectivity index (χ1v) is 10.1. The van der Waals surface area contributed by atoms with Crippen molar-refractivity contribution in [3.8, 4) is 5.69 Å². The molecule has 0 saturated heterocycles.